The molecule has 4 saturated carbocycles. The molecule has 0 bridgehead atoms. The Morgan fingerprint density at radius 1 is 0.846 bits per heavy atom. The lowest BCUT2D eigenvalue weighted by molar-refractivity contribution is -0.223. The summed E-state index contributed by atoms with van der Waals surface area (Å²) >= 11 is 0. The zero-order chi connectivity index (χ0) is 28.5. The number of carbonyl (C=O) groups is 3. The van der Waals surface area contributed by atoms with Crippen LogP contribution in [0, 0.1) is 46.3 Å². The highest BCUT2D eigenvalue weighted by atomic mass is 16.4. The van der Waals surface area contributed by atoms with Crippen LogP contribution in [0.4, 0.5) is 0 Å². The summed E-state index contributed by atoms with van der Waals surface area (Å²) in [5.74, 6) is -2.31. The molecule has 1 amide bonds. The van der Waals surface area contributed by atoms with Crippen LogP contribution in [0.25, 0.3) is 0 Å². The fourth-order valence-electron chi connectivity index (χ4n) is 10.6. The van der Waals surface area contributed by atoms with Gasteiger partial charge in [0.15, 0.2) is 0 Å². The van der Waals surface area contributed by atoms with Crippen LogP contribution >= 0.6 is 0 Å². The Morgan fingerprint density at radius 2 is 1.49 bits per heavy atom. The quantitative estimate of drug-likeness (QED) is 0.317. The second-order valence-electron chi connectivity index (χ2n) is 14.2. The molecule has 0 aromatic rings. The van der Waals surface area contributed by atoms with E-state index in [1.807, 2.05) is 0 Å². The van der Waals surface area contributed by atoms with E-state index in [0.717, 1.165) is 43.4 Å². The lowest BCUT2D eigenvalue weighted by Crippen LogP contribution is -2.64. The molecule has 5 aliphatic rings. The first-order valence-electron chi connectivity index (χ1n) is 15.1. The lowest BCUT2D eigenvalue weighted by Gasteiger charge is -2.63. The van der Waals surface area contributed by atoms with Gasteiger partial charge >= 0.3 is 11.9 Å². The minimum absolute atomic E-state index is 0.0189. The third-order valence-electron chi connectivity index (χ3n) is 12.7. The Labute approximate surface area is 231 Å². The SMILES string of the molecule is C[C@H](CCC(=O)N1CCCC1(C(=O)O)C(=O)O)[C@H]1CC[C@H]2[C@@H]3[C@H](O)[C@H](O)[C@@H]4C[C@H](O)CC[C@]4(C)[C@H]3CC[C@]12C. The van der Waals surface area contributed by atoms with Crippen molar-refractivity contribution in [3.63, 3.8) is 0 Å². The number of amides is 1. The highest BCUT2D eigenvalue weighted by molar-refractivity contribution is 6.06. The maximum atomic E-state index is 13.1. The number of nitrogens with zero attached hydrogens (tertiary/aromatic N) is 1. The molecule has 0 aromatic heterocycles. The Kier molecular flexibility index (Phi) is 7.37. The van der Waals surface area contributed by atoms with Gasteiger partial charge < -0.3 is 30.4 Å². The minimum atomic E-state index is -2.16. The van der Waals surface area contributed by atoms with E-state index in [9.17, 15) is 39.9 Å². The molecule has 0 aromatic carbocycles. The number of carbonyl (C=O) groups excluding carboxylic acids is 1. The Hall–Kier alpha value is -1.71. The monoisotopic (exact) mass is 549 g/mol. The van der Waals surface area contributed by atoms with Crippen LogP contribution in [0.5, 0.6) is 0 Å². The molecule has 1 heterocycles. The fourth-order valence-corrected chi connectivity index (χ4v) is 10.6. The number of hydrogen-bond donors (Lipinski definition) is 5. The molecule has 5 fully saturated rings. The number of aliphatic hydroxyl groups excluding tert-OH is 3. The molecule has 0 spiro atoms. The van der Waals surface area contributed by atoms with Crippen molar-refractivity contribution in [2.24, 2.45) is 46.3 Å². The standard InChI is InChI=1S/C30H47NO8/c1-16(5-8-22(33)31-14-4-11-30(31,26(36)37)27(38)39)18-6-7-19-23-20(10-13-28(18,19)2)29(3)12-9-17(32)15-21(29)24(34)25(23)35/h16-21,23-25,32,34-35H,4-15H2,1-3H3,(H,36,37)(H,38,39)/t16-,17-,18-,19+,20+,21+,23+,24-,25+,28-,29-/m1/s1. The number of carboxylic acids is 2. The number of aliphatic hydroxyl groups is 3. The Morgan fingerprint density at radius 3 is 2.15 bits per heavy atom. The van der Waals surface area contributed by atoms with E-state index < -0.39 is 41.7 Å². The van der Waals surface area contributed by atoms with Crippen LogP contribution in [-0.4, -0.2) is 78.7 Å². The average molecular weight is 550 g/mol. The van der Waals surface area contributed by atoms with E-state index in [1.165, 1.54) is 0 Å². The van der Waals surface area contributed by atoms with Crippen LogP contribution in [0.1, 0.15) is 91.4 Å². The van der Waals surface area contributed by atoms with E-state index >= 15 is 0 Å². The van der Waals surface area contributed by atoms with E-state index in [-0.39, 0.29) is 53.9 Å². The predicted molar refractivity (Wildman–Crippen MR) is 141 cm³/mol. The zero-order valence-corrected chi connectivity index (χ0v) is 23.6. The first kappa shape index (κ1) is 28.8. The molecule has 9 heteroatoms. The van der Waals surface area contributed by atoms with Crippen molar-refractivity contribution in [3.05, 3.63) is 0 Å². The summed E-state index contributed by atoms with van der Waals surface area (Å²) in [7, 11) is 0. The first-order chi connectivity index (χ1) is 18.3. The van der Waals surface area contributed by atoms with Crippen molar-refractivity contribution in [2.75, 3.05) is 6.54 Å². The second kappa shape index (κ2) is 9.98. The molecule has 1 saturated heterocycles. The van der Waals surface area contributed by atoms with Crippen molar-refractivity contribution in [1.82, 2.24) is 4.90 Å². The van der Waals surface area contributed by atoms with E-state index in [0.29, 0.717) is 31.1 Å². The Balaban J connectivity index is 1.29. The average Bonchev–Trinajstić information content (AvgIpc) is 3.49. The van der Waals surface area contributed by atoms with E-state index in [2.05, 4.69) is 20.8 Å². The summed E-state index contributed by atoms with van der Waals surface area (Å²) in [5.41, 5.74) is -2.28. The number of rotatable bonds is 6. The van der Waals surface area contributed by atoms with Gasteiger partial charge in [-0.25, -0.2) is 9.59 Å². The first-order valence-corrected chi connectivity index (χ1v) is 15.1. The third-order valence-corrected chi connectivity index (χ3v) is 12.7. The molecule has 0 unspecified atom stereocenters. The van der Waals surface area contributed by atoms with Gasteiger partial charge in [-0.15, -0.1) is 0 Å². The van der Waals surface area contributed by atoms with Crippen molar-refractivity contribution >= 4 is 17.8 Å². The van der Waals surface area contributed by atoms with Gasteiger partial charge in [0.1, 0.15) is 0 Å². The van der Waals surface area contributed by atoms with Crippen molar-refractivity contribution in [1.29, 1.82) is 0 Å². The van der Waals surface area contributed by atoms with Gasteiger partial charge in [0.05, 0.1) is 18.3 Å². The van der Waals surface area contributed by atoms with Crippen LogP contribution in [-0.2, 0) is 14.4 Å². The molecule has 0 radical (unpaired) electrons. The largest absolute Gasteiger partial charge is 0.479 e. The molecule has 220 valence electrons. The molecule has 1 aliphatic heterocycles. The van der Waals surface area contributed by atoms with Crippen molar-refractivity contribution in [2.45, 2.75) is 115 Å². The fraction of sp³-hybridized carbons (Fsp3) is 0.900. The summed E-state index contributed by atoms with van der Waals surface area (Å²) in [5, 5.41) is 52.4. The maximum Gasteiger partial charge on any atom is 0.341 e. The second-order valence-corrected chi connectivity index (χ2v) is 14.2. The number of hydrogen-bond acceptors (Lipinski definition) is 6. The number of likely N-dealkylation sites (tertiary alicyclic amines) is 1. The van der Waals surface area contributed by atoms with Gasteiger partial charge in [-0.1, -0.05) is 20.8 Å². The molecule has 4 aliphatic carbocycles. The molecular weight excluding hydrogens is 502 g/mol. The van der Waals surface area contributed by atoms with Gasteiger partial charge in [-0.2, -0.15) is 0 Å². The van der Waals surface area contributed by atoms with Gasteiger partial charge in [0.25, 0.3) is 0 Å². The van der Waals surface area contributed by atoms with Crippen LogP contribution in [0.2, 0.25) is 0 Å². The van der Waals surface area contributed by atoms with Crippen molar-refractivity contribution in [3.8, 4) is 0 Å². The lowest BCUT2D eigenvalue weighted by atomic mass is 9.43. The number of carboxylic acid groups (broad SMARTS) is 2. The third kappa shape index (κ3) is 4.16. The summed E-state index contributed by atoms with van der Waals surface area (Å²) in [4.78, 5) is 38.0. The molecule has 5 rings (SSSR count). The molecule has 9 nitrogen and oxygen atoms in total. The van der Waals surface area contributed by atoms with E-state index in [1.54, 1.807) is 0 Å². The van der Waals surface area contributed by atoms with Gasteiger partial charge in [-0.05, 0) is 111 Å². The normalized spacial score (nSPS) is 45.6. The number of aliphatic carboxylic acids is 2. The molecule has 5 N–H and O–H groups in total. The topological polar surface area (TPSA) is 156 Å². The molecular formula is C30H47NO8. The summed E-state index contributed by atoms with van der Waals surface area (Å²) < 4.78 is 0. The van der Waals surface area contributed by atoms with Crippen LogP contribution in [0.15, 0.2) is 0 Å². The summed E-state index contributed by atoms with van der Waals surface area (Å²) in [6, 6.07) is 0. The minimum Gasteiger partial charge on any atom is -0.479 e. The Bertz CT molecular complexity index is 987. The highest BCUT2D eigenvalue weighted by Crippen LogP contribution is 2.68. The number of fused-ring (bicyclic) bond motifs is 5. The highest BCUT2D eigenvalue weighted by Gasteiger charge is 2.65. The summed E-state index contributed by atoms with van der Waals surface area (Å²) in [6.07, 6.45) is 5.08. The van der Waals surface area contributed by atoms with Gasteiger partial charge in [0, 0.05) is 13.0 Å². The van der Waals surface area contributed by atoms with Gasteiger partial charge in [0.2, 0.25) is 11.4 Å². The van der Waals surface area contributed by atoms with Crippen LogP contribution in [0.3, 0.4) is 0 Å². The maximum absolute atomic E-state index is 13.1. The van der Waals surface area contributed by atoms with E-state index in [4.69, 9.17) is 0 Å². The van der Waals surface area contributed by atoms with Crippen LogP contribution < -0.4 is 0 Å². The molecule has 11 atom stereocenters. The summed E-state index contributed by atoms with van der Waals surface area (Å²) in [6.45, 7) is 6.89. The van der Waals surface area contributed by atoms with Gasteiger partial charge in [-0.3, -0.25) is 4.79 Å². The van der Waals surface area contributed by atoms with Crippen molar-refractivity contribution < 1.29 is 39.9 Å². The predicted octanol–water partition coefficient (Wildman–Crippen LogP) is 2.89. The zero-order valence-electron chi connectivity index (χ0n) is 23.6. The molecule has 39 heavy (non-hydrogen) atoms. The smallest absolute Gasteiger partial charge is 0.341 e.